The molecule has 3 aromatic carbocycles. The summed E-state index contributed by atoms with van der Waals surface area (Å²) in [5.41, 5.74) is 2.85. The van der Waals surface area contributed by atoms with Gasteiger partial charge in [0.05, 0.1) is 34.8 Å². The molecule has 1 aromatic heterocycles. The Hall–Kier alpha value is -3.96. The molecule has 1 heterocycles. The predicted octanol–water partition coefficient (Wildman–Crippen LogP) is 5.18. The molecule has 0 unspecified atom stereocenters. The molecule has 0 aliphatic rings. The number of nitriles is 1. The molecule has 1 amide bonds. The third kappa shape index (κ3) is 5.26. The maximum Gasteiger partial charge on any atom is 0.266 e. The number of halogens is 1. The minimum Gasteiger partial charge on any atom is -0.311 e. The first kappa shape index (κ1) is 24.2. The number of para-hydroxylation sites is 2. The Bertz CT molecular complexity index is 1490. The molecule has 35 heavy (non-hydrogen) atoms. The van der Waals surface area contributed by atoms with E-state index in [0.29, 0.717) is 16.6 Å². The van der Waals surface area contributed by atoms with Crippen LogP contribution < -0.4 is 10.5 Å². The standard InChI is InChI=1S/C27H23FN4O2S/c1-18-14-19(2)16-20(15-18)31(13-7-12-29)25(33)17-35-27-30-23-10-5-3-8-21(23)26(34)32(27)24-11-6-4-9-22(24)28/h3-6,8-11,14-16H,7,13,17H2,1-2H3. The molecule has 0 spiro atoms. The summed E-state index contributed by atoms with van der Waals surface area (Å²) >= 11 is 1.06. The van der Waals surface area contributed by atoms with Gasteiger partial charge in [0, 0.05) is 12.2 Å². The van der Waals surface area contributed by atoms with E-state index in [9.17, 15) is 14.0 Å². The largest absolute Gasteiger partial charge is 0.311 e. The predicted molar refractivity (Wildman–Crippen MR) is 137 cm³/mol. The average Bonchev–Trinajstić information content (AvgIpc) is 2.83. The monoisotopic (exact) mass is 486 g/mol. The van der Waals surface area contributed by atoms with Gasteiger partial charge < -0.3 is 4.90 Å². The molecule has 176 valence electrons. The molecule has 0 bridgehead atoms. The third-order valence-corrected chi connectivity index (χ3v) is 6.35. The van der Waals surface area contributed by atoms with E-state index in [1.165, 1.54) is 16.7 Å². The van der Waals surface area contributed by atoms with E-state index in [1.54, 1.807) is 41.3 Å². The van der Waals surface area contributed by atoms with Crippen LogP contribution in [0.4, 0.5) is 10.1 Å². The van der Waals surface area contributed by atoms with Gasteiger partial charge in [-0.2, -0.15) is 5.26 Å². The van der Waals surface area contributed by atoms with Crippen LogP contribution >= 0.6 is 11.8 Å². The number of hydrogen-bond donors (Lipinski definition) is 0. The fourth-order valence-corrected chi connectivity index (χ4v) is 4.81. The van der Waals surface area contributed by atoms with Crippen LogP contribution in [-0.4, -0.2) is 27.8 Å². The van der Waals surface area contributed by atoms with Gasteiger partial charge in [-0.25, -0.2) is 9.37 Å². The molecular formula is C27H23FN4O2S. The number of carbonyl (C=O) groups excluding carboxylic acids is 1. The van der Waals surface area contributed by atoms with Crippen LogP contribution in [0, 0.1) is 31.0 Å². The number of amides is 1. The van der Waals surface area contributed by atoms with Crippen LogP contribution in [0.5, 0.6) is 0 Å². The van der Waals surface area contributed by atoms with Crippen molar-refractivity contribution in [3.05, 3.63) is 94.0 Å². The van der Waals surface area contributed by atoms with Crippen molar-refractivity contribution in [1.82, 2.24) is 9.55 Å². The number of thioether (sulfide) groups is 1. The van der Waals surface area contributed by atoms with E-state index >= 15 is 0 Å². The highest BCUT2D eigenvalue weighted by Gasteiger charge is 2.20. The Morgan fingerprint density at radius 1 is 1.09 bits per heavy atom. The molecule has 0 fully saturated rings. The maximum absolute atomic E-state index is 14.7. The van der Waals surface area contributed by atoms with Gasteiger partial charge in [0.2, 0.25) is 5.91 Å². The van der Waals surface area contributed by atoms with Gasteiger partial charge in [-0.15, -0.1) is 0 Å². The minimum atomic E-state index is -0.564. The first-order chi connectivity index (χ1) is 16.9. The lowest BCUT2D eigenvalue weighted by Gasteiger charge is -2.23. The molecule has 6 nitrogen and oxygen atoms in total. The number of rotatable bonds is 7. The van der Waals surface area contributed by atoms with E-state index in [2.05, 4.69) is 11.1 Å². The molecule has 0 N–H and O–H groups in total. The number of anilines is 1. The Labute approximate surface area is 206 Å². The number of hydrogen-bond acceptors (Lipinski definition) is 5. The first-order valence-corrected chi connectivity index (χ1v) is 12.0. The van der Waals surface area contributed by atoms with E-state index in [4.69, 9.17) is 5.26 Å². The number of fused-ring (bicyclic) bond motifs is 1. The summed E-state index contributed by atoms with van der Waals surface area (Å²) in [6.45, 7) is 4.14. The van der Waals surface area contributed by atoms with Crippen molar-refractivity contribution in [3.8, 4) is 11.8 Å². The van der Waals surface area contributed by atoms with Gasteiger partial charge in [-0.3, -0.25) is 14.2 Å². The fourth-order valence-electron chi connectivity index (χ4n) is 3.92. The Balaban J connectivity index is 1.72. The van der Waals surface area contributed by atoms with Crippen LogP contribution in [0.25, 0.3) is 16.6 Å². The van der Waals surface area contributed by atoms with Gasteiger partial charge in [0.25, 0.3) is 5.56 Å². The van der Waals surface area contributed by atoms with Crippen molar-refractivity contribution in [2.75, 3.05) is 17.2 Å². The summed E-state index contributed by atoms with van der Waals surface area (Å²) in [6, 6.07) is 20.7. The van der Waals surface area contributed by atoms with Gasteiger partial charge in [0.1, 0.15) is 5.82 Å². The van der Waals surface area contributed by atoms with Crippen molar-refractivity contribution in [1.29, 1.82) is 5.26 Å². The number of aromatic nitrogens is 2. The van der Waals surface area contributed by atoms with Gasteiger partial charge >= 0.3 is 0 Å². The number of aryl methyl sites for hydroxylation is 2. The Morgan fingerprint density at radius 2 is 1.77 bits per heavy atom. The second-order valence-electron chi connectivity index (χ2n) is 8.09. The van der Waals surface area contributed by atoms with Crippen molar-refractivity contribution < 1.29 is 9.18 Å². The second-order valence-corrected chi connectivity index (χ2v) is 9.03. The average molecular weight is 487 g/mol. The first-order valence-electron chi connectivity index (χ1n) is 11.0. The zero-order valence-corrected chi connectivity index (χ0v) is 20.2. The molecule has 4 aromatic rings. The SMILES string of the molecule is Cc1cc(C)cc(N(CCC#N)C(=O)CSc2nc3ccccc3c(=O)n2-c2ccccc2F)c1. The van der Waals surface area contributed by atoms with Crippen molar-refractivity contribution in [2.45, 2.75) is 25.4 Å². The smallest absolute Gasteiger partial charge is 0.266 e. The Morgan fingerprint density at radius 3 is 2.49 bits per heavy atom. The van der Waals surface area contributed by atoms with Crippen molar-refractivity contribution in [2.24, 2.45) is 0 Å². The highest BCUT2D eigenvalue weighted by atomic mass is 32.2. The van der Waals surface area contributed by atoms with Crippen LogP contribution in [0.3, 0.4) is 0 Å². The summed E-state index contributed by atoms with van der Waals surface area (Å²) in [4.78, 5) is 32.8. The van der Waals surface area contributed by atoms with E-state index in [1.807, 2.05) is 32.0 Å². The van der Waals surface area contributed by atoms with E-state index in [0.717, 1.165) is 22.9 Å². The summed E-state index contributed by atoms with van der Waals surface area (Å²) in [5.74, 6) is -0.846. The van der Waals surface area contributed by atoms with Crippen molar-refractivity contribution >= 4 is 34.3 Å². The third-order valence-electron chi connectivity index (χ3n) is 5.43. The van der Waals surface area contributed by atoms with E-state index in [-0.39, 0.29) is 35.5 Å². The summed E-state index contributed by atoms with van der Waals surface area (Å²) in [7, 11) is 0. The highest BCUT2D eigenvalue weighted by molar-refractivity contribution is 7.99. The molecule has 8 heteroatoms. The molecule has 4 rings (SSSR count). The quantitative estimate of drug-likeness (QED) is 0.266. The zero-order valence-electron chi connectivity index (χ0n) is 19.4. The molecule has 0 saturated carbocycles. The maximum atomic E-state index is 14.7. The molecule has 0 aliphatic heterocycles. The lowest BCUT2D eigenvalue weighted by atomic mass is 10.1. The minimum absolute atomic E-state index is 0.0440. The highest BCUT2D eigenvalue weighted by Crippen LogP contribution is 2.25. The summed E-state index contributed by atoms with van der Waals surface area (Å²) < 4.78 is 15.9. The number of nitrogens with zero attached hydrogens (tertiary/aromatic N) is 4. The lowest BCUT2D eigenvalue weighted by Crippen LogP contribution is -2.33. The molecular weight excluding hydrogens is 463 g/mol. The van der Waals surface area contributed by atoms with Crippen molar-refractivity contribution in [3.63, 3.8) is 0 Å². The van der Waals surface area contributed by atoms with Crippen LogP contribution in [0.1, 0.15) is 17.5 Å². The van der Waals surface area contributed by atoms with E-state index < -0.39 is 11.4 Å². The second kappa shape index (κ2) is 10.5. The lowest BCUT2D eigenvalue weighted by molar-refractivity contribution is -0.116. The number of benzene rings is 3. The molecule has 0 saturated heterocycles. The summed E-state index contributed by atoms with van der Waals surface area (Å²) in [5, 5.41) is 9.68. The van der Waals surface area contributed by atoms with Gasteiger partial charge in [-0.05, 0) is 61.4 Å². The van der Waals surface area contributed by atoms with Gasteiger partial charge in [-0.1, -0.05) is 42.1 Å². The molecule has 0 aliphatic carbocycles. The van der Waals surface area contributed by atoms with Crippen LogP contribution in [0.2, 0.25) is 0 Å². The summed E-state index contributed by atoms with van der Waals surface area (Å²) in [6.07, 6.45) is 0.178. The Kier molecular flexibility index (Phi) is 7.28. The normalized spacial score (nSPS) is 10.8. The molecule has 0 atom stereocenters. The fraction of sp³-hybridized carbons (Fsp3) is 0.185. The zero-order chi connectivity index (χ0) is 24.9. The van der Waals surface area contributed by atoms with Gasteiger partial charge in [0.15, 0.2) is 5.16 Å². The van der Waals surface area contributed by atoms with Crippen LogP contribution in [-0.2, 0) is 4.79 Å². The van der Waals surface area contributed by atoms with Crippen LogP contribution in [0.15, 0.2) is 76.7 Å². The molecule has 0 radical (unpaired) electrons. The topological polar surface area (TPSA) is 79.0 Å². The number of carbonyl (C=O) groups is 1.